The summed E-state index contributed by atoms with van der Waals surface area (Å²) in [7, 11) is 4.06. The summed E-state index contributed by atoms with van der Waals surface area (Å²) in [4.78, 5) is 22.2. The zero-order chi connectivity index (χ0) is 12.1. The van der Waals surface area contributed by atoms with Gasteiger partial charge in [0.2, 0.25) is 0 Å². The van der Waals surface area contributed by atoms with Gasteiger partial charge in [0.25, 0.3) is 0 Å². The second-order valence-corrected chi connectivity index (χ2v) is 2.91. The van der Waals surface area contributed by atoms with Crippen molar-refractivity contribution >= 4 is 12.3 Å². The van der Waals surface area contributed by atoms with Crippen molar-refractivity contribution in [3.05, 3.63) is 23.3 Å². The number of esters is 1. The van der Waals surface area contributed by atoms with Crippen molar-refractivity contribution in [2.75, 3.05) is 21.3 Å². The number of methoxy groups -OCH3 is 3. The normalized spacial score (nSPS) is 9.44. The van der Waals surface area contributed by atoms with Gasteiger partial charge >= 0.3 is 5.97 Å². The Balaban J connectivity index is 3.42. The highest BCUT2D eigenvalue weighted by molar-refractivity contribution is 5.97. The average molecular weight is 224 g/mol. The summed E-state index contributed by atoms with van der Waals surface area (Å²) in [5.41, 5.74) is 0.527. The fraction of sp³-hybridized carbons (Fsp3) is 0.273. The van der Waals surface area contributed by atoms with Crippen LogP contribution in [0.3, 0.4) is 0 Å². The van der Waals surface area contributed by atoms with Crippen LogP contribution in [0.25, 0.3) is 0 Å². The molecule has 1 aromatic rings. The van der Waals surface area contributed by atoms with Crippen LogP contribution >= 0.6 is 0 Å². The molecule has 5 nitrogen and oxygen atoms in total. The van der Waals surface area contributed by atoms with Crippen LogP contribution in [0, 0.1) is 0 Å². The number of carbonyl (C=O) groups excluding carboxylic acids is 2. The molecular weight excluding hydrogens is 212 g/mol. The quantitative estimate of drug-likeness (QED) is 0.570. The van der Waals surface area contributed by atoms with Crippen molar-refractivity contribution < 1.29 is 23.8 Å². The lowest BCUT2D eigenvalue weighted by atomic mass is 10.1. The summed E-state index contributed by atoms with van der Waals surface area (Å²) in [6.07, 6.45) is 0.645. The third-order valence-corrected chi connectivity index (χ3v) is 2.05. The molecule has 0 aliphatic carbocycles. The maximum atomic E-state index is 11.5. The van der Waals surface area contributed by atoms with Gasteiger partial charge in [-0.1, -0.05) is 0 Å². The van der Waals surface area contributed by atoms with Gasteiger partial charge in [-0.3, -0.25) is 4.79 Å². The van der Waals surface area contributed by atoms with E-state index in [-0.39, 0.29) is 17.1 Å². The minimum absolute atomic E-state index is 0.165. The van der Waals surface area contributed by atoms with Gasteiger partial charge in [-0.25, -0.2) is 4.79 Å². The van der Waals surface area contributed by atoms with Crippen molar-refractivity contribution in [2.45, 2.75) is 0 Å². The van der Waals surface area contributed by atoms with E-state index in [1.54, 1.807) is 0 Å². The van der Waals surface area contributed by atoms with Crippen molar-refractivity contribution in [1.82, 2.24) is 0 Å². The van der Waals surface area contributed by atoms with E-state index >= 15 is 0 Å². The summed E-state index contributed by atoms with van der Waals surface area (Å²) >= 11 is 0. The van der Waals surface area contributed by atoms with Gasteiger partial charge in [-0.2, -0.15) is 0 Å². The molecular formula is C11H12O5. The molecule has 0 saturated heterocycles. The van der Waals surface area contributed by atoms with Gasteiger partial charge in [0.1, 0.15) is 23.3 Å². The summed E-state index contributed by atoms with van der Waals surface area (Å²) in [6.45, 7) is 0. The number of hydrogen-bond donors (Lipinski definition) is 0. The molecule has 0 bridgehead atoms. The molecule has 5 heteroatoms. The van der Waals surface area contributed by atoms with E-state index < -0.39 is 5.97 Å². The van der Waals surface area contributed by atoms with E-state index in [0.29, 0.717) is 11.8 Å². The highest BCUT2D eigenvalue weighted by Gasteiger charge is 2.20. The second-order valence-electron chi connectivity index (χ2n) is 2.91. The largest absolute Gasteiger partial charge is 0.496 e. The SMILES string of the molecule is COC(=O)c1c(OC)cc(C=O)cc1OC. The Morgan fingerprint density at radius 3 is 1.94 bits per heavy atom. The molecule has 0 amide bonds. The predicted molar refractivity (Wildman–Crippen MR) is 56.3 cm³/mol. The standard InChI is InChI=1S/C11H12O5/c1-14-8-4-7(6-12)5-9(15-2)10(8)11(13)16-3/h4-6H,1-3H3. The lowest BCUT2D eigenvalue weighted by Gasteiger charge is -2.11. The monoisotopic (exact) mass is 224 g/mol. The number of benzene rings is 1. The first kappa shape index (κ1) is 12.0. The third-order valence-electron chi connectivity index (χ3n) is 2.05. The molecule has 0 saturated carbocycles. The topological polar surface area (TPSA) is 61.8 Å². The molecule has 0 unspecified atom stereocenters. The van der Waals surface area contributed by atoms with Crippen molar-refractivity contribution in [3.8, 4) is 11.5 Å². The second kappa shape index (κ2) is 5.16. The van der Waals surface area contributed by atoms with Gasteiger partial charge in [0.15, 0.2) is 0 Å². The van der Waals surface area contributed by atoms with E-state index in [1.807, 2.05) is 0 Å². The Morgan fingerprint density at radius 2 is 1.62 bits per heavy atom. The molecule has 0 spiro atoms. The molecule has 0 aliphatic heterocycles. The Labute approximate surface area is 92.9 Å². The van der Waals surface area contributed by atoms with E-state index in [2.05, 4.69) is 4.74 Å². The van der Waals surface area contributed by atoms with Gasteiger partial charge in [0.05, 0.1) is 21.3 Å². The summed E-state index contributed by atoms with van der Waals surface area (Å²) < 4.78 is 14.6. The van der Waals surface area contributed by atoms with Crippen LogP contribution in [-0.4, -0.2) is 33.6 Å². The molecule has 1 aromatic carbocycles. The third kappa shape index (κ3) is 2.13. The predicted octanol–water partition coefficient (Wildman–Crippen LogP) is 1.30. The molecule has 1 rings (SSSR count). The molecule has 0 aromatic heterocycles. The van der Waals surface area contributed by atoms with E-state index in [0.717, 1.165) is 0 Å². The van der Waals surface area contributed by atoms with Crippen molar-refractivity contribution in [3.63, 3.8) is 0 Å². The highest BCUT2D eigenvalue weighted by Crippen LogP contribution is 2.30. The van der Waals surface area contributed by atoms with Crippen LogP contribution in [0.1, 0.15) is 20.7 Å². The smallest absolute Gasteiger partial charge is 0.345 e. The fourth-order valence-electron chi connectivity index (χ4n) is 1.30. The van der Waals surface area contributed by atoms with Crippen LogP contribution in [0.5, 0.6) is 11.5 Å². The maximum absolute atomic E-state index is 11.5. The lowest BCUT2D eigenvalue weighted by molar-refractivity contribution is 0.0593. The maximum Gasteiger partial charge on any atom is 0.345 e. The zero-order valence-corrected chi connectivity index (χ0v) is 9.27. The van der Waals surface area contributed by atoms with E-state index in [9.17, 15) is 9.59 Å². The first-order valence-electron chi connectivity index (χ1n) is 4.47. The van der Waals surface area contributed by atoms with Crippen LogP contribution in [0.4, 0.5) is 0 Å². The molecule has 0 radical (unpaired) electrons. The lowest BCUT2D eigenvalue weighted by Crippen LogP contribution is -2.07. The minimum atomic E-state index is -0.578. The number of hydrogen-bond acceptors (Lipinski definition) is 5. The molecule has 0 N–H and O–H groups in total. The highest BCUT2D eigenvalue weighted by atomic mass is 16.5. The molecule has 0 atom stereocenters. The Hall–Kier alpha value is -2.04. The molecule has 0 heterocycles. The first-order valence-corrected chi connectivity index (χ1v) is 4.47. The Morgan fingerprint density at radius 1 is 1.12 bits per heavy atom. The Bertz CT molecular complexity index is 386. The van der Waals surface area contributed by atoms with Gasteiger partial charge in [-0.05, 0) is 12.1 Å². The van der Waals surface area contributed by atoms with Crippen LogP contribution in [0.15, 0.2) is 12.1 Å². The molecule has 86 valence electrons. The fourth-order valence-corrected chi connectivity index (χ4v) is 1.30. The number of carbonyl (C=O) groups is 2. The number of ether oxygens (including phenoxy) is 3. The average Bonchev–Trinajstić information content (AvgIpc) is 2.35. The Kier molecular flexibility index (Phi) is 3.88. The van der Waals surface area contributed by atoms with Crippen LogP contribution in [-0.2, 0) is 4.74 Å². The van der Waals surface area contributed by atoms with Crippen molar-refractivity contribution in [1.29, 1.82) is 0 Å². The van der Waals surface area contributed by atoms with Crippen LogP contribution in [0.2, 0.25) is 0 Å². The summed E-state index contributed by atoms with van der Waals surface area (Å²) in [5, 5.41) is 0. The summed E-state index contributed by atoms with van der Waals surface area (Å²) in [5.74, 6) is -0.0900. The number of aldehydes is 1. The van der Waals surface area contributed by atoms with E-state index in [1.165, 1.54) is 33.5 Å². The molecule has 16 heavy (non-hydrogen) atoms. The van der Waals surface area contributed by atoms with Crippen LogP contribution < -0.4 is 9.47 Å². The molecule has 0 aliphatic rings. The van der Waals surface area contributed by atoms with E-state index in [4.69, 9.17) is 9.47 Å². The van der Waals surface area contributed by atoms with Gasteiger partial charge in [-0.15, -0.1) is 0 Å². The van der Waals surface area contributed by atoms with Crippen molar-refractivity contribution in [2.24, 2.45) is 0 Å². The molecule has 0 fully saturated rings. The number of rotatable bonds is 4. The minimum Gasteiger partial charge on any atom is -0.496 e. The van der Waals surface area contributed by atoms with Gasteiger partial charge < -0.3 is 14.2 Å². The summed E-state index contributed by atoms with van der Waals surface area (Å²) in [6, 6.07) is 2.89. The van der Waals surface area contributed by atoms with Gasteiger partial charge in [0, 0.05) is 5.56 Å². The first-order chi connectivity index (χ1) is 7.67. The zero-order valence-electron chi connectivity index (χ0n) is 9.27.